The molecule has 6 nitrogen and oxygen atoms in total. The molecule has 0 aromatic rings. The van der Waals surface area contributed by atoms with E-state index in [0.717, 1.165) is 77.3 Å². The van der Waals surface area contributed by atoms with Crippen LogP contribution in [0.25, 0.3) is 0 Å². The van der Waals surface area contributed by atoms with Gasteiger partial charge in [-0.25, -0.2) is 0 Å². The molecule has 0 aromatic carbocycles. The van der Waals surface area contributed by atoms with Gasteiger partial charge in [0, 0.05) is 19.4 Å². The number of carbonyl (C=O) groups excluding carboxylic acids is 2. The van der Waals surface area contributed by atoms with Gasteiger partial charge in [0.15, 0.2) is 0 Å². The number of hydrogen-bond acceptors (Lipinski definition) is 6. The summed E-state index contributed by atoms with van der Waals surface area (Å²) in [6, 6.07) is 0. The fourth-order valence-electron chi connectivity index (χ4n) is 6.07. The van der Waals surface area contributed by atoms with Gasteiger partial charge in [-0.3, -0.25) is 9.59 Å². The Morgan fingerprint density at radius 1 is 0.511 bits per heavy atom. The summed E-state index contributed by atoms with van der Waals surface area (Å²) in [7, 11) is 0. The number of esters is 2. The lowest BCUT2D eigenvalue weighted by atomic mass is 10.0. The molecule has 0 amide bonds. The number of rotatable bonds is 35. The van der Waals surface area contributed by atoms with E-state index in [1.807, 2.05) is 6.92 Å². The highest BCUT2D eigenvalue weighted by molar-refractivity contribution is 5.69. The lowest BCUT2D eigenvalue weighted by Crippen LogP contribution is -2.30. The van der Waals surface area contributed by atoms with E-state index < -0.39 is 0 Å². The zero-order chi connectivity index (χ0) is 33.2. The second-order valence-corrected chi connectivity index (χ2v) is 13.6. The van der Waals surface area contributed by atoms with Gasteiger partial charge < -0.3 is 19.5 Å². The highest BCUT2D eigenvalue weighted by Crippen LogP contribution is 2.18. The third-order valence-electron chi connectivity index (χ3n) is 8.98. The van der Waals surface area contributed by atoms with Gasteiger partial charge in [-0.15, -0.1) is 0 Å². The van der Waals surface area contributed by atoms with Crippen LogP contribution in [0.5, 0.6) is 0 Å². The summed E-state index contributed by atoms with van der Waals surface area (Å²) in [5.41, 5.74) is 0. The van der Waals surface area contributed by atoms with Crippen molar-refractivity contribution in [2.75, 3.05) is 26.2 Å². The number of aliphatic hydroxyl groups excluding tert-OH is 1. The molecule has 45 heavy (non-hydrogen) atoms. The Morgan fingerprint density at radius 3 is 1.47 bits per heavy atom. The van der Waals surface area contributed by atoms with Gasteiger partial charge in [0.1, 0.15) is 6.10 Å². The average Bonchev–Trinajstić information content (AvgIpc) is 3.01. The molecule has 0 spiro atoms. The van der Waals surface area contributed by atoms with Crippen molar-refractivity contribution in [3.63, 3.8) is 0 Å². The highest BCUT2D eigenvalue weighted by Gasteiger charge is 2.15. The van der Waals surface area contributed by atoms with E-state index in [9.17, 15) is 14.7 Å². The first-order valence-electron chi connectivity index (χ1n) is 19.7. The lowest BCUT2D eigenvalue weighted by molar-refractivity contribution is -0.150. The van der Waals surface area contributed by atoms with Gasteiger partial charge in [-0.2, -0.15) is 0 Å². The number of ether oxygens (including phenoxy) is 2. The normalized spacial score (nSPS) is 12.2. The molecule has 0 radical (unpaired) electrons. The van der Waals surface area contributed by atoms with Crippen molar-refractivity contribution in [2.45, 2.75) is 213 Å². The summed E-state index contributed by atoms with van der Waals surface area (Å²) in [5.74, 6) is -0.143. The molecule has 0 saturated heterocycles. The van der Waals surface area contributed by atoms with Gasteiger partial charge >= 0.3 is 11.9 Å². The number of carbonyl (C=O) groups is 2. The number of nitrogens with zero attached hydrogens (tertiary/aromatic N) is 1. The van der Waals surface area contributed by atoms with Crippen LogP contribution >= 0.6 is 0 Å². The SMILES string of the molecule is CCCCCCCCC(C)OC(=O)CCCCCN(CCO)CCCC(=O)OC(CCCCCCCC)CCCCCCCC. The Labute approximate surface area is 280 Å². The zero-order valence-corrected chi connectivity index (χ0v) is 30.6. The molecule has 0 heterocycles. The first-order valence-corrected chi connectivity index (χ1v) is 19.7. The Kier molecular flexibility index (Phi) is 33.3. The molecule has 1 unspecified atom stereocenters. The van der Waals surface area contributed by atoms with E-state index in [-0.39, 0.29) is 30.8 Å². The number of aliphatic hydroxyl groups is 1. The smallest absolute Gasteiger partial charge is 0.306 e. The third kappa shape index (κ3) is 31.2. The van der Waals surface area contributed by atoms with Crippen LogP contribution in [0.15, 0.2) is 0 Å². The minimum absolute atomic E-state index is 0.0109. The van der Waals surface area contributed by atoms with Crippen molar-refractivity contribution < 1.29 is 24.2 Å². The van der Waals surface area contributed by atoms with Crippen molar-refractivity contribution in [1.82, 2.24) is 4.90 Å². The minimum atomic E-state index is -0.0782. The van der Waals surface area contributed by atoms with E-state index in [4.69, 9.17) is 9.47 Å². The molecule has 6 heteroatoms. The quantitative estimate of drug-likeness (QED) is 0.0549. The predicted octanol–water partition coefficient (Wildman–Crippen LogP) is 10.7. The van der Waals surface area contributed by atoms with Crippen LogP contribution in [0.1, 0.15) is 201 Å². The van der Waals surface area contributed by atoms with Crippen LogP contribution < -0.4 is 0 Å². The largest absolute Gasteiger partial charge is 0.463 e. The molecule has 0 aliphatic carbocycles. The van der Waals surface area contributed by atoms with Crippen LogP contribution in [0.3, 0.4) is 0 Å². The monoisotopic (exact) mass is 640 g/mol. The second-order valence-electron chi connectivity index (χ2n) is 13.6. The number of hydrogen-bond donors (Lipinski definition) is 1. The van der Waals surface area contributed by atoms with Crippen LogP contribution in [0.4, 0.5) is 0 Å². The average molecular weight is 640 g/mol. The van der Waals surface area contributed by atoms with E-state index in [1.165, 1.54) is 96.3 Å². The predicted molar refractivity (Wildman–Crippen MR) is 191 cm³/mol. The van der Waals surface area contributed by atoms with Crippen molar-refractivity contribution in [3.8, 4) is 0 Å². The first kappa shape index (κ1) is 43.9. The second kappa shape index (κ2) is 34.2. The van der Waals surface area contributed by atoms with Gasteiger partial charge in [-0.1, -0.05) is 124 Å². The molecule has 0 fully saturated rings. The maximum atomic E-state index is 12.8. The summed E-state index contributed by atoms with van der Waals surface area (Å²) < 4.78 is 11.6. The van der Waals surface area contributed by atoms with Gasteiger partial charge in [0.2, 0.25) is 0 Å². The zero-order valence-electron chi connectivity index (χ0n) is 30.6. The first-order chi connectivity index (χ1) is 22.0. The summed E-state index contributed by atoms with van der Waals surface area (Å²) in [5, 5.41) is 9.55. The van der Waals surface area contributed by atoms with E-state index >= 15 is 0 Å². The molecule has 1 N–H and O–H groups in total. The molecule has 1 atom stereocenters. The summed E-state index contributed by atoms with van der Waals surface area (Å²) >= 11 is 0. The molecule has 268 valence electrons. The van der Waals surface area contributed by atoms with Crippen LogP contribution in [0.2, 0.25) is 0 Å². The van der Waals surface area contributed by atoms with E-state index in [1.54, 1.807) is 0 Å². The summed E-state index contributed by atoms with van der Waals surface area (Å²) in [4.78, 5) is 27.2. The van der Waals surface area contributed by atoms with Crippen molar-refractivity contribution >= 4 is 11.9 Å². The van der Waals surface area contributed by atoms with E-state index in [2.05, 4.69) is 25.7 Å². The number of unbranched alkanes of at least 4 members (excludes halogenated alkanes) is 17. The van der Waals surface area contributed by atoms with Crippen molar-refractivity contribution in [3.05, 3.63) is 0 Å². The van der Waals surface area contributed by atoms with Crippen molar-refractivity contribution in [2.24, 2.45) is 0 Å². The van der Waals surface area contributed by atoms with Crippen LogP contribution in [-0.2, 0) is 19.1 Å². The molecule has 0 saturated carbocycles. The third-order valence-corrected chi connectivity index (χ3v) is 8.98. The Bertz CT molecular complexity index is 627. The Hall–Kier alpha value is -1.14. The van der Waals surface area contributed by atoms with Gasteiger partial charge in [0.25, 0.3) is 0 Å². The fourth-order valence-corrected chi connectivity index (χ4v) is 6.07. The van der Waals surface area contributed by atoms with Crippen molar-refractivity contribution in [1.29, 1.82) is 0 Å². The minimum Gasteiger partial charge on any atom is -0.463 e. The molecule has 0 aliphatic rings. The standard InChI is InChI=1S/C39H77NO5/c1-5-8-11-14-17-21-27-36(4)44-38(42)30-24-20-25-32-40(34-35-41)33-26-31-39(43)45-37(28-22-18-15-12-9-6-2)29-23-19-16-13-10-7-3/h36-37,41H,5-35H2,1-4H3. The van der Waals surface area contributed by atoms with E-state index in [0.29, 0.717) is 19.4 Å². The maximum absolute atomic E-state index is 12.8. The maximum Gasteiger partial charge on any atom is 0.306 e. The van der Waals surface area contributed by atoms with Gasteiger partial charge in [0.05, 0.1) is 12.7 Å². The Morgan fingerprint density at radius 2 is 0.933 bits per heavy atom. The molecule has 0 aromatic heterocycles. The topological polar surface area (TPSA) is 76.1 Å². The summed E-state index contributed by atoms with van der Waals surface area (Å²) in [6.07, 6.45) is 30.1. The molecule has 0 rings (SSSR count). The Balaban J connectivity index is 4.24. The molecule has 0 aliphatic heterocycles. The highest BCUT2D eigenvalue weighted by atomic mass is 16.5. The van der Waals surface area contributed by atoms with Crippen LogP contribution in [0, 0.1) is 0 Å². The summed E-state index contributed by atoms with van der Waals surface area (Å²) in [6.45, 7) is 11.1. The fraction of sp³-hybridized carbons (Fsp3) is 0.949. The van der Waals surface area contributed by atoms with Crippen LogP contribution in [-0.4, -0.2) is 60.4 Å². The lowest BCUT2D eigenvalue weighted by Gasteiger charge is -2.22. The molecular formula is C39H77NO5. The molecular weight excluding hydrogens is 562 g/mol. The molecule has 0 bridgehead atoms. The van der Waals surface area contributed by atoms with Gasteiger partial charge in [-0.05, 0) is 77.8 Å².